The molecule has 0 aromatic rings. The number of aliphatic carboxylic acids is 1. The fourth-order valence-corrected chi connectivity index (χ4v) is 16.1. The maximum absolute atomic E-state index is 12.0. The van der Waals surface area contributed by atoms with Gasteiger partial charge in [0.1, 0.15) is 0 Å². The summed E-state index contributed by atoms with van der Waals surface area (Å²) in [5, 5.41) is 13.8. The number of hydrogen-bond donors (Lipinski definition) is 2. The van der Waals surface area contributed by atoms with Gasteiger partial charge in [0.05, 0.1) is 17.4 Å². The number of nitrogens with zero attached hydrogens (tertiary/aromatic N) is 1. The topological polar surface area (TPSA) is 86.7 Å². The van der Waals surface area contributed by atoms with E-state index in [2.05, 4.69) is 64.4 Å². The molecule has 1 saturated heterocycles. The Morgan fingerprint density at radius 3 is 2.26 bits per heavy atom. The highest BCUT2D eigenvalue weighted by Gasteiger charge is 2.70. The lowest BCUT2D eigenvalue weighted by Gasteiger charge is -2.72. The van der Waals surface area contributed by atoms with E-state index in [9.17, 15) is 18.3 Å². The van der Waals surface area contributed by atoms with Crippen molar-refractivity contribution < 1.29 is 18.3 Å². The van der Waals surface area contributed by atoms with Gasteiger partial charge in [0.25, 0.3) is 0 Å². The molecule has 7 heteroatoms. The average Bonchev–Trinajstić information content (AvgIpc) is 3.44. The van der Waals surface area contributed by atoms with Gasteiger partial charge in [-0.05, 0) is 154 Å². The van der Waals surface area contributed by atoms with E-state index >= 15 is 0 Å². The maximum atomic E-state index is 12.0. The molecule has 9 atom stereocenters. The summed E-state index contributed by atoms with van der Waals surface area (Å²) in [4.78, 5) is 14.0. The number of carboxylic acids is 1. The lowest BCUT2D eigenvalue weighted by Crippen LogP contribution is -2.68. The minimum atomic E-state index is -2.85. The molecule has 0 aromatic heterocycles. The first kappa shape index (κ1) is 37.1. The molecular formula is C43H70N2O4S. The fourth-order valence-electron chi connectivity index (χ4n) is 14.8. The van der Waals surface area contributed by atoms with Gasteiger partial charge < -0.3 is 15.3 Å². The lowest BCUT2D eigenvalue weighted by molar-refractivity contribution is -0.221. The van der Waals surface area contributed by atoms with Crippen molar-refractivity contribution in [3.63, 3.8) is 0 Å². The van der Waals surface area contributed by atoms with Gasteiger partial charge in [0.15, 0.2) is 9.84 Å². The van der Waals surface area contributed by atoms with Gasteiger partial charge in [-0.2, -0.15) is 0 Å². The minimum Gasteiger partial charge on any atom is -0.481 e. The zero-order chi connectivity index (χ0) is 35.9. The first-order chi connectivity index (χ1) is 23.5. The minimum absolute atomic E-state index is 0.131. The Kier molecular flexibility index (Phi) is 9.65. The number of hydrogen-bond acceptors (Lipinski definition) is 5. The zero-order valence-electron chi connectivity index (χ0n) is 32.5. The van der Waals surface area contributed by atoms with E-state index in [1.54, 1.807) is 5.57 Å². The van der Waals surface area contributed by atoms with Gasteiger partial charge in [-0.1, -0.05) is 58.4 Å². The molecular weight excluding hydrogens is 641 g/mol. The standard InChI is InChI=1S/C43H70N2O4S/c1-29(2)33-15-19-43(44-22-23-45-24-26-50(48,49)27-25-45)21-20-41(6)34(37(33)43)12-13-36-40(5)17-14-32(28-30-8-10-31(11-9-30)38(46)47)39(3,4)35(40)16-18-42(36,41)7/h14,30-31,33-37,44H,1,8-13,15-28H2,2-7H3,(H,46,47). The number of nitrogens with one attached hydrogen (secondary N) is 1. The number of rotatable bonds is 8. The van der Waals surface area contributed by atoms with Gasteiger partial charge in [0, 0.05) is 31.7 Å². The normalized spacial score (nSPS) is 46.8. The third-order valence-electron chi connectivity index (χ3n) is 17.9. The molecule has 7 rings (SSSR count). The van der Waals surface area contributed by atoms with E-state index in [0.29, 0.717) is 70.4 Å². The van der Waals surface area contributed by atoms with Crippen LogP contribution in [0.3, 0.4) is 0 Å². The second-order valence-electron chi connectivity index (χ2n) is 20.2. The van der Waals surface area contributed by atoms with Crippen molar-refractivity contribution in [3.8, 4) is 0 Å². The van der Waals surface area contributed by atoms with Crippen LogP contribution >= 0.6 is 0 Å². The Bertz CT molecular complexity index is 1460. The second kappa shape index (κ2) is 13.0. The van der Waals surface area contributed by atoms with E-state index in [-0.39, 0.29) is 16.9 Å². The SMILES string of the molecule is C=C(C)C1CCC2(NCCN3CCS(=O)(=O)CC3)CCC3(C)C(CCC4C5(C)CC=C(CC6CCC(C(=O)O)CC6)C(C)(C)C5CCC43C)C12. The van der Waals surface area contributed by atoms with Crippen molar-refractivity contribution in [2.75, 3.05) is 37.7 Å². The summed E-state index contributed by atoms with van der Waals surface area (Å²) in [6.45, 7) is 23.5. The highest BCUT2D eigenvalue weighted by Crippen LogP contribution is 2.76. The van der Waals surface area contributed by atoms with Crippen LogP contribution in [0.4, 0.5) is 0 Å². The fraction of sp³-hybridized carbons (Fsp3) is 0.884. The predicted octanol–water partition coefficient (Wildman–Crippen LogP) is 8.53. The summed E-state index contributed by atoms with van der Waals surface area (Å²) >= 11 is 0. The highest BCUT2D eigenvalue weighted by atomic mass is 32.2. The van der Waals surface area contributed by atoms with Crippen LogP contribution in [0.15, 0.2) is 23.8 Å². The van der Waals surface area contributed by atoms with Crippen molar-refractivity contribution in [1.29, 1.82) is 0 Å². The first-order valence-electron chi connectivity index (χ1n) is 20.7. The largest absolute Gasteiger partial charge is 0.481 e. The lowest BCUT2D eigenvalue weighted by atomic mass is 9.33. The van der Waals surface area contributed by atoms with Crippen molar-refractivity contribution in [2.24, 2.45) is 63.1 Å². The smallest absolute Gasteiger partial charge is 0.306 e. The zero-order valence-corrected chi connectivity index (χ0v) is 33.3. The van der Waals surface area contributed by atoms with Crippen LogP contribution in [0.25, 0.3) is 0 Å². The number of allylic oxidation sites excluding steroid dienone is 3. The predicted molar refractivity (Wildman–Crippen MR) is 204 cm³/mol. The van der Waals surface area contributed by atoms with Gasteiger partial charge in [-0.15, -0.1) is 0 Å². The molecule has 9 unspecified atom stereocenters. The van der Waals surface area contributed by atoms with Crippen LogP contribution in [0, 0.1) is 63.1 Å². The van der Waals surface area contributed by atoms with E-state index < -0.39 is 15.8 Å². The van der Waals surface area contributed by atoms with E-state index in [4.69, 9.17) is 0 Å². The number of fused-ring (bicyclic) bond motifs is 7. The van der Waals surface area contributed by atoms with Crippen LogP contribution in [0.2, 0.25) is 0 Å². The Morgan fingerprint density at radius 2 is 1.60 bits per heavy atom. The molecule has 0 radical (unpaired) electrons. The molecule has 1 aliphatic heterocycles. The molecule has 7 aliphatic rings. The van der Waals surface area contributed by atoms with Crippen molar-refractivity contribution in [2.45, 2.75) is 137 Å². The van der Waals surface area contributed by atoms with Crippen molar-refractivity contribution in [1.82, 2.24) is 10.2 Å². The highest BCUT2D eigenvalue weighted by molar-refractivity contribution is 7.91. The molecule has 6 fully saturated rings. The van der Waals surface area contributed by atoms with Gasteiger partial charge in [-0.3, -0.25) is 4.79 Å². The van der Waals surface area contributed by atoms with Crippen LogP contribution in [0.5, 0.6) is 0 Å². The molecule has 0 spiro atoms. The molecule has 282 valence electrons. The molecule has 1 heterocycles. The molecule has 6 aliphatic carbocycles. The molecule has 0 amide bonds. The summed E-state index contributed by atoms with van der Waals surface area (Å²) in [5.41, 5.74) is 4.38. The Balaban J connectivity index is 1.09. The van der Waals surface area contributed by atoms with Crippen LogP contribution in [0.1, 0.15) is 131 Å². The molecule has 0 aromatic carbocycles. The number of sulfone groups is 1. The molecule has 0 bridgehead atoms. The molecule has 2 N–H and O–H groups in total. The quantitative estimate of drug-likeness (QED) is 0.246. The van der Waals surface area contributed by atoms with Crippen LogP contribution in [-0.4, -0.2) is 67.6 Å². The average molecular weight is 711 g/mol. The Hall–Kier alpha value is -1.18. The van der Waals surface area contributed by atoms with Crippen LogP contribution < -0.4 is 5.32 Å². The van der Waals surface area contributed by atoms with Gasteiger partial charge >= 0.3 is 5.97 Å². The number of carbonyl (C=O) groups is 1. The molecule has 5 saturated carbocycles. The Morgan fingerprint density at radius 1 is 0.900 bits per heavy atom. The van der Waals surface area contributed by atoms with Crippen molar-refractivity contribution >= 4 is 15.8 Å². The van der Waals surface area contributed by atoms with E-state index in [1.165, 1.54) is 69.8 Å². The summed E-state index contributed by atoms with van der Waals surface area (Å²) in [6, 6.07) is 0. The number of carboxylic acid groups (broad SMARTS) is 1. The second-order valence-corrected chi connectivity index (χ2v) is 22.5. The van der Waals surface area contributed by atoms with E-state index in [1.807, 2.05) is 0 Å². The molecule has 6 nitrogen and oxygen atoms in total. The molecule has 50 heavy (non-hydrogen) atoms. The van der Waals surface area contributed by atoms with E-state index in [0.717, 1.165) is 44.7 Å². The summed E-state index contributed by atoms with van der Waals surface area (Å²) < 4.78 is 24.1. The van der Waals surface area contributed by atoms with Gasteiger partial charge in [0.2, 0.25) is 0 Å². The Labute approximate surface area is 305 Å². The third kappa shape index (κ3) is 5.92. The first-order valence-corrected chi connectivity index (χ1v) is 22.5. The van der Waals surface area contributed by atoms with Gasteiger partial charge in [-0.25, -0.2) is 8.42 Å². The summed E-state index contributed by atoms with van der Waals surface area (Å²) in [6.07, 6.45) is 19.3. The summed E-state index contributed by atoms with van der Waals surface area (Å²) in [7, 11) is -2.85. The maximum Gasteiger partial charge on any atom is 0.306 e. The monoisotopic (exact) mass is 711 g/mol. The van der Waals surface area contributed by atoms with Crippen molar-refractivity contribution in [3.05, 3.63) is 23.8 Å². The summed E-state index contributed by atoms with van der Waals surface area (Å²) in [5.74, 6) is 3.89. The third-order valence-corrected chi connectivity index (χ3v) is 19.5. The van der Waals surface area contributed by atoms with Crippen LogP contribution in [-0.2, 0) is 14.6 Å².